The van der Waals surface area contributed by atoms with Gasteiger partial charge in [0, 0.05) is 6.08 Å². The molecule has 1 aromatic carbocycles. The number of rotatable bonds is 7. The third-order valence-corrected chi connectivity index (χ3v) is 2.84. The second-order valence-electron chi connectivity index (χ2n) is 4.36. The number of carboxylic acid groups (broad SMARTS) is 1. The summed E-state index contributed by atoms with van der Waals surface area (Å²) in [6.45, 7) is 1.38. The summed E-state index contributed by atoms with van der Waals surface area (Å²) in [5.74, 6) is -0.245. The maximum absolute atomic E-state index is 11.6. The van der Waals surface area contributed by atoms with Gasteiger partial charge in [0.1, 0.15) is 6.04 Å². The van der Waals surface area contributed by atoms with Crippen LogP contribution in [0.15, 0.2) is 18.2 Å². The van der Waals surface area contributed by atoms with Crippen molar-refractivity contribution in [1.82, 2.24) is 5.32 Å². The van der Waals surface area contributed by atoms with Gasteiger partial charge in [-0.25, -0.2) is 0 Å². The normalized spacial score (nSPS) is 11.8. The summed E-state index contributed by atoms with van der Waals surface area (Å²) in [5.41, 5.74) is 0.646. The Bertz CT molecular complexity index is 556. The van der Waals surface area contributed by atoms with Crippen LogP contribution in [0.25, 0.3) is 6.08 Å². The average Bonchev–Trinajstić information content (AvgIpc) is 2.51. The number of aliphatic carboxylic acids is 1. The quantitative estimate of drug-likeness (QED) is 0.738. The fraction of sp³-hybridized carbons (Fsp3) is 0.333. The lowest BCUT2D eigenvalue weighted by Crippen LogP contribution is -2.37. The molecule has 1 aromatic rings. The smallest absolute Gasteiger partial charge is 0.325 e. The zero-order valence-corrected chi connectivity index (χ0v) is 12.9. The molecule has 0 fully saturated rings. The van der Waals surface area contributed by atoms with E-state index >= 15 is 0 Å². The molecule has 0 aliphatic heterocycles. The van der Waals surface area contributed by atoms with Crippen LogP contribution in [0.3, 0.4) is 0 Å². The van der Waals surface area contributed by atoms with Crippen LogP contribution < -0.4 is 19.5 Å². The van der Waals surface area contributed by atoms with Crippen molar-refractivity contribution in [3.05, 3.63) is 23.8 Å². The summed E-state index contributed by atoms with van der Waals surface area (Å²) in [6.07, 6.45) is 2.76. The first-order valence-electron chi connectivity index (χ1n) is 6.44. The molecule has 2 N–H and O–H groups in total. The Hall–Kier alpha value is -2.70. The lowest BCUT2D eigenvalue weighted by atomic mass is 10.1. The number of nitrogens with one attached hydrogen (secondary N) is 1. The van der Waals surface area contributed by atoms with Gasteiger partial charge < -0.3 is 24.6 Å². The number of benzene rings is 1. The van der Waals surface area contributed by atoms with E-state index in [2.05, 4.69) is 5.32 Å². The highest BCUT2D eigenvalue weighted by Crippen LogP contribution is 2.38. The molecule has 0 bridgehead atoms. The number of hydrogen-bond acceptors (Lipinski definition) is 5. The van der Waals surface area contributed by atoms with Gasteiger partial charge in [-0.15, -0.1) is 0 Å². The van der Waals surface area contributed by atoms with Crippen LogP contribution in [0.5, 0.6) is 17.2 Å². The topological polar surface area (TPSA) is 94.1 Å². The molecule has 22 heavy (non-hydrogen) atoms. The number of carbonyl (C=O) groups is 2. The lowest BCUT2D eigenvalue weighted by Gasteiger charge is -2.12. The van der Waals surface area contributed by atoms with Gasteiger partial charge in [-0.1, -0.05) is 0 Å². The molecule has 0 heterocycles. The predicted octanol–water partition coefficient (Wildman–Crippen LogP) is 1.31. The van der Waals surface area contributed by atoms with Crippen molar-refractivity contribution in [3.8, 4) is 17.2 Å². The average molecular weight is 309 g/mol. The standard InChI is InChI=1S/C15H19NO6/c1-9(15(18)19)16-13(17)6-5-10-7-11(20-2)14(22-4)12(8-10)21-3/h5-9H,1-4H3,(H,16,17)(H,18,19)/b6-5+/t9-/m1/s1. The molecule has 1 atom stereocenters. The van der Waals surface area contributed by atoms with Gasteiger partial charge in [-0.2, -0.15) is 0 Å². The van der Waals surface area contributed by atoms with E-state index in [1.807, 2.05) is 0 Å². The zero-order valence-electron chi connectivity index (χ0n) is 12.9. The number of carbonyl (C=O) groups excluding carboxylic acids is 1. The first-order chi connectivity index (χ1) is 10.4. The predicted molar refractivity (Wildman–Crippen MR) is 80.4 cm³/mol. The van der Waals surface area contributed by atoms with Crippen LogP contribution in [0.1, 0.15) is 12.5 Å². The third-order valence-electron chi connectivity index (χ3n) is 2.84. The lowest BCUT2D eigenvalue weighted by molar-refractivity contribution is -0.140. The van der Waals surface area contributed by atoms with E-state index in [9.17, 15) is 9.59 Å². The minimum absolute atomic E-state index is 0.450. The summed E-state index contributed by atoms with van der Waals surface area (Å²) in [6, 6.07) is 2.38. The number of hydrogen-bond donors (Lipinski definition) is 2. The van der Waals surface area contributed by atoms with Crippen LogP contribution >= 0.6 is 0 Å². The minimum atomic E-state index is -1.10. The Kier molecular flexibility index (Phi) is 6.25. The summed E-state index contributed by atoms with van der Waals surface area (Å²) < 4.78 is 15.6. The zero-order chi connectivity index (χ0) is 16.7. The molecular weight excluding hydrogens is 290 g/mol. The van der Waals surface area contributed by atoms with Gasteiger partial charge in [-0.05, 0) is 30.7 Å². The molecular formula is C15H19NO6. The summed E-state index contributed by atoms with van der Waals surface area (Å²) in [7, 11) is 4.48. The Morgan fingerprint density at radius 3 is 2.09 bits per heavy atom. The Morgan fingerprint density at radius 1 is 1.14 bits per heavy atom. The van der Waals surface area contributed by atoms with Crippen molar-refractivity contribution < 1.29 is 28.9 Å². The fourth-order valence-corrected chi connectivity index (χ4v) is 1.69. The first kappa shape index (κ1) is 17.4. The van der Waals surface area contributed by atoms with E-state index < -0.39 is 17.9 Å². The van der Waals surface area contributed by atoms with E-state index in [1.165, 1.54) is 40.4 Å². The largest absolute Gasteiger partial charge is 0.493 e. The molecule has 1 rings (SSSR count). The monoisotopic (exact) mass is 309 g/mol. The van der Waals surface area contributed by atoms with Crippen LogP contribution in [-0.2, 0) is 9.59 Å². The van der Waals surface area contributed by atoms with Gasteiger partial charge in [-0.3, -0.25) is 9.59 Å². The first-order valence-corrected chi connectivity index (χ1v) is 6.44. The second kappa shape index (κ2) is 7.92. The van der Waals surface area contributed by atoms with Crippen molar-refractivity contribution in [1.29, 1.82) is 0 Å². The number of carboxylic acids is 1. The van der Waals surface area contributed by atoms with Crippen molar-refractivity contribution in [2.75, 3.05) is 21.3 Å². The second-order valence-corrected chi connectivity index (χ2v) is 4.36. The summed E-state index contributed by atoms with van der Waals surface area (Å²) in [4.78, 5) is 22.3. The molecule has 1 amide bonds. The number of methoxy groups -OCH3 is 3. The molecule has 0 aliphatic rings. The van der Waals surface area contributed by atoms with Crippen molar-refractivity contribution in [3.63, 3.8) is 0 Å². The van der Waals surface area contributed by atoms with Gasteiger partial charge >= 0.3 is 5.97 Å². The van der Waals surface area contributed by atoms with Crippen molar-refractivity contribution >= 4 is 18.0 Å². The Balaban J connectivity index is 2.96. The van der Waals surface area contributed by atoms with Crippen LogP contribution in [0, 0.1) is 0 Å². The van der Waals surface area contributed by atoms with Gasteiger partial charge in [0.25, 0.3) is 0 Å². The molecule has 120 valence electrons. The summed E-state index contributed by atoms with van der Waals surface area (Å²) in [5, 5.41) is 11.0. The molecule has 0 saturated heterocycles. The summed E-state index contributed by atoms with van der Waals surface area (Å²) >= 11 is 0. The maximum Gasteiger partial charge on any atom is 0.325 e. The van der Waals surface area contributed by atoms with E-state index in [-0.39, 0.29) is 0 Å². The fourth-order valence-electron chi connectivity index (χ4n) is 1.69. The molecule has 7 nitrogen and oxygen atoms in total. The Morgan fingerprint density at radius 2 is 1.68 bits per heavy atom. The molecule has 0 aromatic heterocycles. The maximum atomic E-state index is 11.6. The van der Waals surface area contributed by atoms with Crippen LogP contribution in [0.2, 0.25) is 0 Å². The molecule has 0 unspecified atom stereocenters. The van der Waals surface area contributed by atoms with Crippen LogP contribution in [-0.4, -0.2) is 44.4 Å². The highest BCUT2D eigenvalue weighted by Gasteiger charge is 2.13. The molecule has 0 radical (unpaired) electrons. The third kappa shape index (κ3) is 4.41. The van der Waals surface area contributed by atoms with E-state index in [0.717, 1.165) is 0 Å². The van der Waals surface area contributed by atoms with Crippen LogP contribution in [0.4, 0.5) is 0 Å². The molecule has 0 aliphatic carbocycles. The highest BCUT2D eigenvalue weighted by atomic mass is 16.5. The number of amides is 1. The molecule has 0 spiro atoms. The van der Waals surface area contributed by atoms with E-state index in [1.54, 1.807) is 12.1 Å². The minimum Gasteiger partial charge on any atom is -0.493 e. The van der Waals surface area contributed by atoms with Crippen molar-refractivity contribution in [2.45, 2.75) is 13.0 Å². The van der Waals surface area contributed by atoms with Crippen molar-refractivity contribution in [2.24, 2.45) is 0 Å². The van der Waals surface area contributed by atoms with Gasteiger partial charge in [0.05, 0.1) is 21.3 Å². The van der Waals surface area contributed by atoms with E-state index in [0.29, 0.717) is 22.8 Å². The molecule has 0 saturated carbocycles. The van der Waals surface area contributed by atoms with Gasteiger partial charge in [0.2, 0.25) is 11.7 Å². The van der Waals surface area contributed by atoms with Gasteiger partial charge in [0.15, 0.2) is 11.5 Å². The van der Waals surface area contributed by atoms with E-state index in [4.69, 9.17) is 19.3 Å². The Labute approximate surface area is 128 Å². The number of ether oxygens (including phenoxy) is 3. The molecule has 7 heteroatoms. The SMILES string of the molecule is COc1cc(/C=C/C(=O)N[C@H](C)C(=O)O)cc(OC)c1OC. The highest BCUT2D eigenvalue weighted by molar-refractivity contribution is 5.94.